The van der Waals surface area contributed by atoms with Crippen LogP contribution >= 0.6 is 0 Å². The Kier molecular flexibility index (Phi) is 4.27. The van der Waals surface area contributed by atoms with Crippen molar-refractivity contribution in [3.63, 3.8) is 0 Å². The zero-order valence-corrected chi connectivity index (χ0v) is 12.3. The molecule has 0 aliphatic rings. The van der Waals surface area contributed by atoms with Crippen LogP contribution in [0, 0.1) is 6.92 Å². The summed E-state index contributed by atoms with van der Waals surface area (Å²) in [4.78, 5) is 22.9. The molecule has 0 bridgehead atoms. The van der Waals surface area contributed by atoms with E-state index in [1.807, 2.05) is 30.3 Å². The lowest BCUT2D eigenvalue weighted by atomic mass is 10.1. The van der Waals surface area contributed by atoms with Crippen LogP contribution in [0.1, 0.15) is 23.0 Å². The average Bonchev–Trinajstić information content (AvgIpc) is 2.88. The molecule has 22 heavy (non-hydrogen) atoms. The number of aromatic nitrogens is 2. The molecule has 1 unspecified atom stereocenters. The number of hydrogen-bond donors (Lipinski definition) is 3. The highest BCUT2D eigenvalue weighted by Crippen LogP contribution is 2.12. The first kappa shape index (κ1) is 15.7. The van der Waals surface area contributed by atoms with Crippen molar-refractivity contribution < 1.29 is 19.8 Å². The molecule has 0 spiro atoms. The highest BCUT2D eigenvalue weighted by molar-refractivity contribution is 5.95. The van der Waals surface area contributed by atoms with Gasteiger partial charge >= 0.3 is 5.97 Å². The molecule has 1 aromatic heterocycles. The van der Waals surface area contributed by atoms with Crippen molar-refractivity contribution in [2.75, 3.05) is 6.54 Å². The number of para-hydroxylation sites is 1. The molecule has 1 atom stereocenters. The number of carbonyl (C=O) groups is 2. The highest BCUT2D eigenvalue weighted by Gasteiger charge is 2.30. The van der Waals surface area contributed by atoms with Gasteiger partial charge in [-0.25, -0.2) is 9.48 Å². The number of hydrogen-bond acceptors (Lipinski definition) is 4. The molecule has 1 aromatic carbocycles. The van der Waals surface area contributed by atoms with Crippen LogP contribution in [0.25, 0.3) is 5.69 Å². The number of carbonyl (C=O) groups excluding carboxylic acids is 1. The van der Waals surface area contributed by atoms with Gasteiger partial charge in [0.2, 0.25) is 0 Å². The Labute approximate surface area is 127 Å². The van der Waals surface area contributed by atoms with E-state index in [0.717, 1.165) is 12.6 Å². The molecule has 7 nitrogen and oxygen atoms in total. The van der Waals surface area contributed by atoms with Crippen LogP contribution in [0.15, 0.2) is 36.5 Å². The lowest BCUT2D eigenvalue weighted by Crippen LogP contribution is -2.46. The number of carboxylic acid groups (broad SMARTS) is 1. The minimum atomic E-state index is -2.01. The van der Waals surface area contributed by atoms with Crippen molar-refractivity contribution >= 4 is 11.9 Å². The van der Waals surface area contributed by atoms with Crippen LogP contribution in [0.4, 0.5) is 0 Å². The Morgan fingerprint density at radius 1 is 1.32 bits per heavy atom. The number of nitrogens with one attached hydrogen (secondary N) is 1. The Morgan fingerprint density at radius 3 is 2.55 bits per heavy atom. The van der Waals surface area contributed by atoms with E-state index >= 15 is 0 Å². The van der Waals surface area contributed by atoms with Crippen molar-refractivity contribution in [3.8, 4) is 5.69 Å². The van der Waals surface area contributed by atoms with E-state index < -0.39 is 24.0 Å². The van der Waals surface area contributed by atoms with Crippen molar-refractivity contribution in [1.82, 2.24) is 15.1 Å². The first-order valence-corrected chi connectivity index (χ1v) is 6.67. The van der Waals surface area contributed by atoms with E-state index in [0.29, 0.717) is 11.3 Å². The number of aliphatic hydroxyl groups is 1. The van der Waals surface area contributed by atoms with Gasteiger partial charge in [0.05, 0.1) is 23.5 Å². The third-order valence-corrected chi connectivity index (χ3v) is 3.22. The molecular weight excluding hydrogens is 286 g/mol. The number of aliphatic carboxylic acids is 1. The normalized spacial score (nSPS) is 13.4. The van der Waals surface area contributed by atoms with Crippen LogP contribution in [-0.2, 0) is 4.79 Å². The topological polar surface area (TPSA) is 104 Å². The Hall–Kier alpha value is -2.67. The first-order valence-electron chi connectivity index (χ1n) is 6.67. The number of carboxylic acids is 1. The molecule has 0 saturated heterocycles. The van der Waals surface area contributed by atoms with Crippen molar-refractivity contribution in [3.05, 3.63) is 47.8 Å². The van der Waals surface area contributed by atoms with Crippen LogP contribution in [-0.4, -0.2) is 44.0 Å². The predicted octanol–water partition coefficient (Wildman–Crippen LogP) is 0.746. The number of amides is 1. The maximum absolute atomic E-state index is 12.1. The van der Waals surface area contributed by atoms with Crippen LogP contribution < -0.4 is 5.32 Å². The van der Waals surface area contributed by atoms with E-state index in [4.69, 9.17) is 5.11 Å². The van der Waals surface area contributed by atoms with Gasteiger partial charge in [0.25, 0.3) is 5.91 Å². The quantitative estimate of drug-likeness (QED) is 0.756. The van der Waals surface area contributed by atoms with E-state index in [1.165, 1.54) is 0 Å². The SMILES string of the molecule is Cc1nn(-c2ccccc2)cc1C(=O)NCC(C)(O)C(=O)O. The molecule has 116 valence electrons. The summed E-state index contributed by atoms with van der Waals surface area (Å²) in [5.41, 5.74) is -0.373. The van der Waals surface area contributed by atoms with Gasteiger partial charge in [-0.15, -0.1) is 0 Å². The molecule has 0 saturated carbocycles. The molecule has 0 radical (unpaired) electrons. The summed E-state index contributed by atoms with van der Waals surface area (Å²) < 4.78 is 1.57. The summed E-state index contributed by atoms with van der Waals surface area (Å²) in [6, 6.07) is 9.29. The van der Waals surface area contributed by atoms with E-state index in [-0.39, 0.29) is 0 Å². The number of benzene rings is 1. The summed E-state index contributed by atoms with van der Waals surface area (Å²) in [5.74, 6) is -1.88. The van der Waals surface area contributed by atoms with Crippen LogP contribution in [0.3, 0.4) is 0 Å². The van der Waals surface area contributed by atoms with Gasteiger partial charge in [-0.1, -0.05) is 18.2 Å². The average molecular weight is 303 g/mol. The predicted molar refractivity (Wildman–Crippen MR) is 78.9 cm³/mol. The minimum Gasteiger partial charge on any atom is -0.479 e. The fraction of sp³-hybridized carbons (Fsp3) is 0.267. The first-order chi connectivity index (χ1) is 10.3. The maximum atomic E-state index is 12.1. The number of rotatable bonds is 5. The third-order valence-electron chi connectivity index (χ3n) is 3.22. The lowest BCUT2D eigenvalue weighted by Gasteiger charge is -2.17. The second kappa shape index (κ2) is 5.98. The van der Waals surface area contributed by atoms with E-state index in [2.05, 4.69) is 10.4 Å². The fourth-order valence-corrected chi connectivity index (χ4v) is 1.82. The van der Waals surface area contributed by atoms with E-state index in [1.54, 1.807) is 17.8 Å². The second-order valence-corrected chi connectivity index (χ2v) is 5.17. The number of aryl methyl sites for hydroxylation is 1. The van der Waals surface area contributed by atoms with Crippen LogP contribution in [0.2, 0.25) is 0 Å². The lowest BCUT2D eigenvalue weighted by molar-refractivity contribution is -0.155. The molecule has 1 heterocycles. The zero-order valence-electron chi connectivity index (χ0n) is 12.3. The molecule has 0 fully saturated rings. The molecule has 0 aliphatic carbocycles. The molecule has 3 N–H and O–H groups in total. The summed E-state index contributed by atoms with van der Waals surface area (Å²) in [6.45, 7) is 2.41. The maximum Gasteiger partial charge on any atom is 0.337 e. The largest absolute Gasteiger partial charge is 0.479 e. The Balaban J connectivity index is 2.15. The third kappa shape index (κ3) is 3.32. The van der Waals surface area contributed by atoms with Crippen molar-refractivity contribution in [2.24, 2.45) is 0 Å². The number of nitrogens with zero attached hydrogens (tertiary/aromatic N) is 2. The molecule has 7 heteroatoms. The van der Waals surface area contributed by atoms with Crippen molar-refractivity contribution in [2.45, 2.75) is 19.4 Å². The molecule has 2 aromatic rings. The zero-order chi connectivity index (χ0) is 16.3. The molecule has 0 aliphatic heterocycles. The van der Waals surface area contributed by atoms with Crippen molar-refractivity contribution in [1.29, 1.82) is 0 Å². The summed E-state index contributed by atoms with van der Waals surface area (Å²) in [7, 11) is 0. The fourth-order valence-electron chi connectivity index (χ4n) is 1.82. The van der Waals surface area contributed by atoms with Gasteiger partial charge in [0.1, 0.15) is 0 Å². The Morgan fingerprint density at radius 2 is 1.95 bits per heavy atom. The molecule has 2 rings (SSSR count). The summed E-state index contributed by atoms with van der Waals surface area (Å²) in [5, 5.41) is 25.1. The van der Waals surface area contributed by atoms with Gasteiger partial charge < -0.3 is 15.5 Å². The summed E-state index contributed by atoms with van der Waals surface area (Å²) >= 11 is 0. The minimum absolute atomic E-state index is 0.324. The van der Waals surface area contributed by atoms with Crippen LogP contribution in [0.5, 0.6) is 0 Å². The highest BCUT2D eigenvalue weighted by atomic mass is 16.4. The van der Waals surface area contributed by atoms with Gasteiger partial charge in [-0.3, -0.25) is 4.79 Å². The van der Waals surface area contributed by atoms with Gasteiger partial charge in [-0.05, 0) is 26.0 Å². The van der Waals surface area contributed by atoms with Gasteiger partial charge in [0.15, 0.2) is 5.60 Å². The monoisotopic (exact) mass is 303 g/mol. The molecular formula is C15H17N3O4. The van der Waals surface area contributed by atoms with E-state index in [9.17, 15) is 14.7 Å². The smallest absolute Gasteiger partial charge is 0.337 e. The van der Waals surface area contributed by atoms with Gasteiger partial charge in [-0.2, -0.15) is 5.10 Å². The second-order valence-electron chi connectivity index (χ2n) is 5.17. The Bertz CT molecular complexity index is 692. The summed E-state index contributed by atoms with van der Waals surface area (Å²) in [6.07, 6.45) is 1.56. The standard InChI is InChI=1S/C15H17N3O4/c1-10-12(13(19)16-9-15(2,22)14(20)21)8-18(17-10)11-6-4-3-5-7-11/h3-8,22H,9H2,1-2H3,(H,16,19)(H,20,21). The molecule has 1 amide bonds. The van der Waals surface area contributed by atoms with Gasteiger partial charge in [0, 0.05) is 6.20 Å².